The second kappa shape index (κ2) is 6.04. The highest BCUT2D eigenvalue weighted by molar-refractivity contribution is 7.51. The van der Waals surface area contributed by atoms with E-state index in [1.165, 1.54) is 19.2 Å². The maximum absolute atomic E-state index is 11.8. The van der Waals surface area contributed by atoms with Crippen LogP contribution < -0.4 is 11.0 Å². The van der Waals surface area contributed by atoms with Crippen molar-refractivity contribution in [2.24, 2.45) is 0 Å². The van der Waals surface area contributed by atoms with Crippen molar-refractivity contribution in [2.45, 2.75) is 19.4 Å². The van der Waals surface area contributed by atoms with Crippen LogP contribution in [0, 0.1) is 0 Å². The van der Waals surface area contributed by atoms with Gasteiger partial charge in [0.05, 0.1) is 6.61 Å². The fourth-order valence-corrected chi connectivity index (χ4v) is 2.34. The number of carbonyl (C=O) groups excluding carboxylic acids is 1. The van der Waals surface area contributed by atoms with E-state index in [2.05, 4.69) is 10.3 Å². The highest BCUT2D eigenvalue weighted by Gasteiger charge is 2.33. The molecule has 3 N–H and O–H groups in total. The molecule has 2 rings (SSSR count). The van der Waals surface area contributed by atoms with Gasteiger partial charge in [-0.2, -0.15) is 4.98 Å². The van der Waals surface area contributed by atoms with Gasteiger partial charge in [-0.25, -0.2) is 4.79 Å². The molecule has 1 fully saturated rings. The van der Waals surface area contributed by atoms with Crippen molar-refractivity contribution in [1.29, 1.82) is 0 Å². The zero-order chi connectivity index (χ0) is 15.6. The molecule has 1 amide bonds. The molecular formula is C10H14N3O7P. The molecule has 11 heteroatoms. The van der Waals surface area contributed by atoms with E-state index in [1.54, 1.807) is 0 Å². The van der Waals surface area contributed by atoms with Crippen LogP contribution in [0.15, 0.2) is 17.1 Å². The quantitative estimate of drug-likeness (QED) is 0.616. The number of rotatable bonds is 4. The zero-order valence-corrected chi connectivity index (χ0v) is 11.9. The van der Waals surface area contributed by atoms with Crippen LogP contribution in [0.3, 0.4) is 0 Å². The van der Waals surface area contributed by atoms with Gasteiger partial charge in [0.15, 0.2) is 12.5 Å². The van der Waals surface area contributed by atoms with Crippen molar-refractivity contribution in [2.75, 3.05) is 18.1 Å². The number of hydrogen-bond donors (Lipinski definition) is 3. The van der Waals surface area contributed by atoms with Crippen LogP contribution in [0.1, 0.15) is 13.2 Å². The molecule has 0 saturated carbocycles. The zero-order valence-electron chi connectivity index (χ0n) is 11.0. The lowest BCUT2D eigenvalue weighted by atomic mass is 10.5. The predicted octanol–water partition coefficient (Wildman–Crippen LogP) is -0.749. The summed E-state index contributed by atoms with van der Waals surface area (Å²) in [5.41, 5.74) is -0.674. The Kier molecular flexibility index (Phi) is 4.55. The summed E-state index contributed by atoms with van der Waals surface area (Å²) >= 11 is 0. The summed E-state index contributed by atoms with van der Waals surface area (Å²) in [6.07, 6.45) is -1.14. The van der Waals surface area contributed by atoms with Gasteiger partial charge < -0.3 is 24.6 Å². The average Bonchev–Trinajstić information content (AvgIpc) is 2.74. The van der Waals surface area contributed by atoms with Gasteiger partial charge in [-0.15, -0.1) is 0 Å². The highest BCUT2D eigenvalue weighted by atomic mass is 31.2. The van der Waals surface area contributed by atoms with Gasteiger partial charge in [-0.1, -0.05) is 0 Å². The Balaban J connectivity index is 2.08. The number of aromatic nitrogens is 2. The Labute approximate surface area is 118 Å². The average molecular weight is 319 g/mol. The number of amides is 1. The lowest BCUT2D eigenvalue weighted by molar-refractivity contribution is -0.114. The highest BCUT2D eigenvalue weighted by Crippen LogP contribution is 2.38. The van der Waals surface area contributed by atoms with Gasteiger partial charge in [-0.05, 0) is 6.07 Å². The largest absolute Gasteiger partial charge is 0.351 e. The molecule has 0 aromatic carbocycles. The molecule has 2 atom stereocenters. The molecule has 2 heterocycles. The molecule has 1 aliphatic rings. The van der Waals surface area contributed by atoms with Gasteiger partial charge in [-0.3, -0.25) is 13.9 Å². The minimum atomic E-state index is -4.27. The minimum absolute atomic E-state index is 0.0360. The molecule has 0 radical (unpaired) electrons. The minimum Gasteiger partial charge on any atom is -0.347 e. The molecule has 1 aliphatic heterocycles. The molecule has 116 valence electrons. The molecule has 1 aromatic rings. The predicted molar refractivity (Wildman–Crippen MR) is 69.6 cm³/mol. The van der Waals surface area contributed by atoms with Gasteiger partial charge in [0.25, 0.3) is 0 Å². The lowest BCUT2D eigenvalue weighted by Crippen LogP contribution is -2.29. The van der Waals surface area contributed by atoms with Gasteiger partial charge >= 0.3 is 13.3 Å². The van der Waals surface area contributed by atoms with Crippen molar-refractivity contribution < 1.29 is 28.6 Å². The molecule has 0 aliphatic carbocycles. The Hall–Kier alpha value is -1.58. The van der Waals surface area contributed by atoms with Crippen molar-refractivity contribution in [3.63, 3.8) is 0 Å². The number of carbonyl (C=O) groups is 1. The normalized spacial score (nSPS) is 22.2. The van der Waals surface area contributed by atoms with Crippen molar-refractivity contribution in [3.8, 4) is 0 Å². The van der Waals surface area contributed by atoms with E-state index in [4.69, 9.17) is 19.3 Å². The van der Waals surface area contributed by atoms with E-state index in [-0.39, 0.29) is 18.3 Å². The van der Waals surface area contributed by atoms with Crippen molar-refractivity contribution in [3.05, 3.63) is 22.7 Å². The first-order chi connectivity index (χ1) is 9.74. The maximum Gasteiger partial charge on any atom is 0.351 e. The first-order valence-electron chi connectivity index (χ1n) is 5.93. The Bertz CT molecular complexity index is 640. The molecule has 0 bridgehead atoms. The summed E-state index contributed by atoms with van der Waals surface area (Å²) in [5, 5.41) is 2.36. The summed E-state index contributed by atoms with van der Waals surface area (Å²) < 4.78 is 22.3. The third-order valence-electron chi connectivity index (χ3n) is 2.56. The number of nitrogens with one attached hydrogen (secondary N) is 1. The SMILES string of the molecule is CC(=O)Nc1ccn([C@H]2CO[C@@H](CP(=O)(O)O)O2)c(=O)n1. The summed E-state index contributed by atoms with van der Waals surface area (Å²) in [4.78, 5) is 44.0. The Morgan fingerprint density at radius 2 is 2.33 bits per heavy atom. The Morgan fingerprint density at radius 3 is 2.90 bits per heavy atom. The van der Waals surface area contributed by atoms with Crippen LogP contribution in [0.25, 0.3) is 0 Å². The number of ether oxygens (including phenoxy) is 2. The van der Waals surface area contributed by atoms with E-state index < -0.39 is 32.0 Å². The van der Waals surface area contributed by atoms with Crippen molar-refractivity contribution >= 4 is 19.3 Å². The first-order valence-corrected chi connectivity index (χ1v) is 7.73. The molecule has 21 heavy (non-hydrogen) atoms. The fraction of sp³-hybridized carbons (Fsp3) is 0.500. The summed E-state index contributed by atoms with van der Waals surface area (Å²) in [6, 6.07) is 1.41. The van der Waals surface area contributed by atoms with Crippen molar-refractivity contribution in [1.82, 2.24) is 9.55 Å². The lowest BCUT2D eigenvalue weighted by Gasteiger charge is -2.14. The van der Waals surface area contributed by atoms with E-state index in [0.717, 1.165) is 4.57 Å². The van der Waals surface area contributed by atoms with Crippen LogP contribution in [-0.4, -0.2) is 44.3 Å². The smallest absolute Gasteiger partial charge is 0.347 e. The van der Waals surface area contributed by atoms with E-state index in [0.29, 0.717) is 0 Å². The molecule has 1 aromatic heterocycles. The number of anilines is 1. The van der Waals surface area contributed by atoms with Gasteiger partial charge in [0, 0.05) is 13.1 Å². The molecule has 1 saturated heterocycles. The Morgan fingerprint density at radius 1 is 1.62 bits per heavy atom. The molecule has 10 nitrogen and oxygen atoms in total. The van der Waals surface area contributed by atoms with Crippen LogP contribution >= 0.6 is 7.60 Å². The standard InChI is InChI=1S/C10H14N3O7P/c1-6(14)11-7-2-3-13(10(15)12-7)8-4-19-9(20-8)5-21(16,17)18/h2-3,8-9H,4-5H2,1H3,(H2,16,17,18)(H,11,12,14,15)/t8-,9-/m1/s1. The van der Waals surface area contributed by atoms with E-state index in [9.17, 15) is 14.2 Å². The van der Waals surface area contributed by atoms with Crippen LogP contribution in [0.4, 0.5) is 5.82 Å². The van der Waals surface area contributed by atoms with Crippen LogP contribution in [0.2, 0.25) is 0 Å². The van der Waals surface area contributed by atoms with E-state index >= 15 is 0 Å². The number of hydrogen-bond acceptors (Lipinski definition) is 6. The topological polar surface area (TPSA) is 140 Å². The second-order valence-corrected chi connectivity index (χ2v) is 6.08. The maximum atomic E-state index is 11.8. The summed E-state index contributed by atoms with van der Waals surface area (Å²) in [6.45, 7) is 1.25. The molecule has 0 spiro atoms. The number of nitrogens with zero attached hydrogens (tertiary/aromatic N) is 2. The monoisotopic (exact) mass is 319 g/mol. The fourth-order valence-electron chi connectivity index (χ4n) is 1.76. The van der Waals surface area contributed by atoms with Crippen LogP contribution in [0.5, 0.6) is 0 Å². The third-order valence-corrected chi connectivity index (χ3v) is 3.34. The van der Waals surface area contributed by atoms with Gasteiger partial charge in [0.2, 0.25) is 5.91 Å². The van der Waals surface area contributed by atoms with E-state index in [1.807, 2.05) is 0 Å². The molecule has 0 unspecified atom stereocenters. The second-order valence-electron chi connectivity index (χ2n) is 4.38. The van der Waals surface area contributed by atoms with Gasteiger partial charge in [0.1, 0.15) is 12.0 Å². The third kappa shape index (κ3) is 4.45. The summed E-state index contributed by atoms with van der Waals surface area (Å²) in [5.74, 6) is -0.253. The van der Waals surface area contributed by atoms with Crippen LogP contribution in [-0.2, 0) is 18.8 Å². The first kappa shape index (κ1) is 15.8. The summed E-state index contributed by atoms with van der Waals surface area (Å²) in [7, 11) is -4.27. The molecular weight excluding hydrogens is 305 g/mol.